The molecule has 1 aromatic carbocycles. The molecule has 0 spiro atoms. The Bertz CT molecular complexity index is 883. The molecule has 0 aliphatic carbocycles. The minimum absolute atomic E-state index is 0.186. The van der Waals surface area contributed by atoms with Gasteiger partial charge >= 0.3 is 0 Å². The minimum atomic E-state index is -0.220. The van der Waals surface area contributed by atoms with Crippen LogP contribution in [0.1, 0.15) is 54.2 Å². The van der Waals surface area contributed by atoms with Gasteiger partial charge in [0.1, 0.15) is 11.5 Å². The Balaban J connectivity index is 1.85. The number of nitrogens with two attached hydrogens (primary N) is 1. The summed E-state index contributed by atoms with van der Waals surface area (Å²) in [5.41, 5.74) is 7.99. The third-order valence-corrected chi connectivity index (χ3v) is 4.93. The molecule has 1 unspecified atom stereocenters. The van der Waals surface area contributed by atoms with Crippen molar-refractivity contribution in [2.75, 3.05) is 6.54 Å². The van der Waals surface area contributed by atoms with E-state index in [-0.39, 0.29) is 18.0 Å². The lowest BCUT2D eigenvalue weighted by atomic mass is 10.2. The molecular weight excluding hydrogens is 334 g/mol. The Labute approximate surface area is 151 Å². The van der Waals surface area contributed by atoms with Crippen molar-refractivity contribution in [2.24, 2.45) is 5.73 Å². The SMILES string of the molecule is CC(NC(=O)c1csc(CCN)n1)c1nc2ccccc2n1C(C)C. The highest BCUT2D eigenvalue weighted by molar-refractivity contribution is 7.09. The third-order valence-electron chi connectivity index (χ3n) is 4.02. The number of para-hydroxylation sites is 2. The summed E-state index contributed by atoms with van der Waals surface area (Å²) >= 11 is 1.46. The average molecular weight is 357 g/mol. The van der Waals surface area contributed by atoms with Gasteiger partial charge in [-0.2, -0.15) is 0 Å². The maximum atomic E-state index is 12.5. The van der Waals surface area contributed by atoms with Crippen LogP contribution < -0.4 is 11.1 Å². The van der Waals surface area contributed by atoms with Gasteiger partial charge in [0.05, 0.1) is 22.1 Å². The van der Waals surface area contributed by atoms with Crippen LogP contribution in [0, 0.1) is 0 Å². The molecule has 1 amide bonds. The molecule has 2 aromatic heterocycles. The van der Waals surface area contributed by atoms with E-state index in [1.807, 2.05) is 25.1 Å². The largest absolute Gasteiger partial charge is 0.341 e. The summed E-state index contributed by atoms with van der Waals surface area (Å²) < 4.78 is 2.17. The van der Waals surface area contributed by atoms with Gasteiger partial charge in [-0.25, -0.2) is 9.97 Å². The van der Waals surface area contributed by atoms with E-state index in [1.54, 1.807) is 5.38 Å². The number of hydrogen-bond donors (Lipinski definition) is 2. The van der Waals surface area contributed by atoms with Crippen LogP contribution in [-0.4, -0.2) is 27.0 Å². The molecule has 7 heteroatoms. The zero-order chi connectivity index (χ0) is 18.0. The molecule has 132 valence electrons. The summed E-state index contributed by atoms with van der Waals surface area (Å²) in [5.74, 6) is 0.663. The summed E-state index contributed by atoms with van der Waals surface area (Å²) in [7, 11) is 0. The van der Waals surface area contributed by atoms with Gasteiger partial charge in [-0.3, -0.25) is 4.79 Å². The van der Waals surface area contributed by atoms with Crippen molar-refractivity contribution in [1.82, 2.24) is 19.9 Å². The molecule has 0 saturated carbocycles. The first kappa shape index (κ1) is 17.6. The Kier molecular flexibility index (Phi) is 5.15. The van der Waals surface area contributed by atoms with E-state index in [4.69, 9.17) is 10.7 Å². The Morgan fingerprint density at radius 2 is 2.04 bits per heavy atom. The quantitative estimate of drug-likeness (QED) is 0.710. The van der Waals surface area contributed by atoms with E-state index < -0.39 is 0 Å². The van der Waals surface area contributed by atoms with E-state index >= 15 is 0 Å². The standard InChI is InChI=1S/C18H23N5OS/c1-11(2)23-15-7-5-4-6-13(15)22-17(23)12(3)20-18(24)14-10-25-16(21-14)8-9-19/h4-7,10-12H,8-9,19H2,1-3H3,(H,20,24). The van der Waals surface area contributed by atoms with Crippen molar-refractivity contribution in [2.45, 2.75) is 39.3 Å². The fourth-order valence-corrected chi connectivity index (χ4v) is 3.69. The summed E-state index contributed by atoms with van der Waals surface area (Å²) in [6.07, 6.45) is 0.691. The van der Waals surface area contributed by atoms with Gasteiger partial charge in [0.25, 0.3) is 5.91 Å². The molecule has 1 atom stereocenters. The summed E-state index contributed by atoms with van der Waals surface area (Å²) in [6, 6.07) is 8.05. The summed E-state index contributed by atoms with van der Waals surface area (Å²) in [4.78, 5) is 21.6. The summed E-state index contributed by atoms with van der Waals surface area (Å²) in [6.45, 7) is 6.71. The van der Waals surface area contributed by atoms with Crippen LogP contribution in [-0.2, 0) is 6.42 Å². The van der Waals surface area contributed by atoms with Crippen LogP contribution in [0.3, 0.4) is 0 Å². The normalized spacial score (nSPS) is 12.7. The predicted octanol–water partition coefficient (Wildman–Crippen LogP) is 3.07. The van der Waals surface area contributed by atoms with Gasteiger partial charge in [-0.1, -0.05) is 12.1 Å². The number of carbonyl (C=O) groups excluding carboxylic acids is 1. The van der Waals surface area contributed by atoms with Crippen molar-refractivity contribution in [1.29, 1.82) is 0 Å². The Morgan fingerprint density at radius 3 is 2.76 bits per heavy atom. The number of amides is 1. The molecule has 0 saturated heterocycles. The van der Waals surface area contributed by atoms with Gasteiger partial charge in [0, 0.05) is 17.8 Å². The number of carbonyl (C=O) groups is 1. The lowest BCUT2D eigenvalue weighted by Crippen LogP contribution is -2.29. The van der Waals surface area contributed by atoms with Crippen molar-refractivity contribution in [3.8, 4) is 0 Å². The lowest BCUT2D eigenvalue weighted by Gasteiger charge is -2.18. The van der Waals surface area contributed by atoms with Gasteiger partial charge in [0.2, 0.25) is 0 Å². The van der Waals surface area contributed by atoms with Crippen molar-refractivity contribution in [3.63, 3.8) is 0 Å². The van der Waals surface area contributed by atoms with Crippen LogP contribution in [0.25, 0.3) is 11.0 Å². The third kappa shape index (κ3) is 3.57. The number of rotatable bonds is 6. The highest BCUT2D eigenvalue weighted by Gasteiger charge is 2.21. The molecule has 3 aromatic rings. The first-order valence-electron chi connectivity index (χ1n) is 8.43. The van der Waals surface area contributed by atoms with Crippen LogP contribution in [0.5, 0.6) is 0 Å². The van der Waals surface area contributed by atoms with Crippen LogP contribution in [0.2, 0.25) is 0 Å². The lowest BCUT2D eigenvalue weighted by molar-refractivity contribution is 0.0933. The zero-order valence-electron chi connectivity index (χ0n) is 14.7. The number of imidazole rings is 1. The monoisotopic (exact) mass is 357 g/mol. The topological polar surface area (TPSA) is 85.8 Å². The minimum Gasteiger partial charge on any atom is -0.341 e. The van der Waals surface area contributed by atoms with E-state index in [9.17, 15) is 4.79 Å². The molecule has 0 radical (unpaired) electrons. The van der Waals surface area contributed by atoms with Gasteiger partial charge in [0.15, 0.2) is 0 Å². The second kappa shape index (κ2) is 7.33. The molecule has 25 heavy (non-hydrogen) atoms. The number of nitrogens with zero attached hydrogens (tertiary/aromatic N) is 3. The fraction of sp³-hybridized carbons (Fsp3) is 0.389. The first-order valence-corrected chi connectivity index (χ1v) is 9.31. The molecule has 0 fully saturated rings. The predicted molar refractivity (Wildman–Crippen MR) is 101 cm³/mol. The molecule has 0 aliphatic heterocycles. The number of fused-ring (bicyclic) bond motifs is 1. The average Bonchev–Trinajstić information content (AvgIpc) is 3.19. The van der Waals surface area contributed by atoms with Crippen LogP contribution in [0.4, 0.5) is 0 Å². The maximum Gasteiger partial charge on any atom is 0.271 e. The molecule has 0 bridgehead atoms. The highest BCUT2D eigenvalue weighted by atomic mass is 32.1. The van der Waals surface area contributed by atoms with Gasteiger partial charge < -0.3 is 15.6 Å². The molecule has 3 rings (SSSR count). The molecular formula is C18H23N5OS. The smallest absolute Gasteiger partial charge is 0.271 e. The molecule has 6 nitrogen and oxygen atoms in total. The van der Waals surface area contributed by atoms with Gasteiger partial charge in [-0.15, -0.1) is 11.3 Å². The van der Waals surface area contributed by atoms with Crippen LogP contribution >= 0.6 is 11.3 Å². The second-order valence-electron chi connectivity index (χ2n) is 6.28. The van der Waals surface area contributed by atoms with E-state index in [2.05, 4.69) is 34.8 Å². The fourth-order valence-electron chi connectivity index (χ4n) is 2.90. The van der Waals surface area contributed by atoms with E-state index in [1.165, 1.54) is 11.3 Å². The molecule has 0 aliphatic rings. The molecule has 3 N–H and O–H groups in total. The van der Waals surface area contributed by atoms with Gasteiger partial charge in [-0.05, 0) is 39.4 Å². The number of thiazole rings is 1. The second-order valence-corrected chi connectivity index (χ2v) is 7.23. The van der Waals surface area contributed by atoms with Crippen LogP contribution in [0.15, 0.2) is 29.6 Å². The van der Waals surface area contributed by atoms with Crippen molar-refractivity contribution < 1.29 is 4.79 Å². The summed E-state index contributed by atoms with van der Waals surface area (Å²) in [5, 5.41) is 5.68. The zero-order valence-corrected chi connectivity index (χ0v) is 15.5. The number of benzene rings is 1. The number of aromatic nitrogens is 3. The maximum absolute atomic E-state index is 12.5. The van der Waals surface area contributed by atoms with E-state index in [0.717, 1.165) is 21.9 Å². The van der Waals surface area contributed by atoms with E-state index in [0.29, 0.717) is 18.7 Å². The first-order chi connectivity index (χ1) is 12.0. The Morgan fingerprint density at radius 1 is 1.28 bits per heavy atom. The highest BCUT2D eigenvalue weighted by Crippen LogP contribution is 2.25. The van der Waals surface area contributed by atoms with Crippen molar-refractivity contribution in [3.05, 3.63) is 46.2 Å². The Hall–Kier alpha value is -2.25. The molecule has 2 heterocycles. The number of hydrogen-bond acceptors (Lipinski definition) is 5. The number of nitrogens with one attached hydrogen (secondary N) is 1. The van der Waals surface area contributed by atoms with Crippen molar-refractivity contribution >= 4 is 28.3 Å².